The highest BCUT2D eigenvalue weighted by Gasteiger charge is 2.35. The predicted molar refractivity (Wildman–Crippen MR) is 129 cm³/mol. The minimum absolute atomic E-state index is 0.160. The van der Waals surface area contributed by atoms with Crippen LogP contribution in [0.5, 0.6) is 0 Å². The summed E-state index contributed by atoms with van der Waals surface area (Å²) in [6, 6.07) is 8.44. The van der Waals surface area contributed by atoms with Crippen LogP contribution in [0.2, 0.25) is 5.02 Å². The molecule has 3 rings (SSSR count). The summed E-state index contributed by atoms with van der Waals surface area (Å²) >= 11 is 5.65. The SMILES string of the molecule is C=CCNC(=O)CN1C(=O)[C@@H](COC(=O)Nc2ccc(Cl)cc2C(F)(F)F)N=C(C)c2ccccc21. The molecule has 0 saturated carbocycles. The lowest BCUT2D eigenvalue weighted by atomic mass is 10.1. The molecule has 0 aliphatic carbocycles. The van der Waals surface area contributed by atoms with Crippen molar-refractivity contribution < 1.29 is 32.3 Å². The fourth-order valence-corrected chi connectivity index (χ4v) is 3.66. The average molecular weight is 523 g/mol. The van der Waals surface area contributed by atoms with E-state index in [1.54, 1.807) is 31.2 Å². The smallest absolute Gasteiger partial charge is 0.418 e. The first-order chi connectivity index (χ1) is 17.0. The number of aliphatic imine (C=N–C) groups is 1. The van der Waals surface area contributed by atoms with E-state index in [0.717, 1.165) is 6.07 Å². The Morgan fingerprint density at radius 1 is 1.25 bits per heavy atom. The lowest BCUT2D eigenvalue weighted by Crippen LogP contribution is -2.46. The van der Waals surface area contributed by atoms with Crippen LogP contribution in [0.1, 0.15) is 18.1 Å². The van der Waals surface area contributed by atoms with E-state index in [9.17, 15) is 27.6 Å². The Labute approximate surface area is 209 Å². The minimum Gasteiger partial charge on any atom is -0.446 e. The molecule has 2 N–H and O–H groups in total. The van der Waals surface area contributed by atoms with Crippen LogP contribution in [0.25, 0.3) is 0 Å². The van der Waals surface area contributed by atoms with Gasteiger partial charge in [0, 0.05) is 22.8 Å². The van der Waals surface area contributed by atoms with Gasteiger partial charge in [-0.1, -0.05) is 35.9 Å². The quantitative estimate of drug-likeness (QED) is 0.525. The van der Waals surface area contributed by atoms with Gasteiger partial charge in [0.1, 0.15) is 13.2 Å². The molecule has 3 amide bonds. The topological polar surface area (TPSA) is 100 Å². The van der Waals surface area contributed by atoms with Crippen LogP contribution in [-0.4, -0.2) is 49.4 Å². The number of fused-ring (bicyclic) bond motifs is 1. The number of carbonyl (C=O) groups is 3. The number of anilines is 2. The summed E-state index contributed by atoms with van der Waals surface area (Å²) in [4.78, 5) is 43.5. The molecule has 1 atom stereocenters. The van der Waals surface area contributed by atoms with Crippen LogP contribution in [0.15, 0.2) is 60.1 Å². The van der Waals surface area contributed by atoms with Crippen molar-refractivity contribution >= 4 is 46.6 Å². The van der Waals surface area contributed by atoms with Gasteiger partial charge in [0.2, 0.25) is 5.91 Å². The highest BCUT2D eigenvalue weighted by Crippen LogP contribution is 2.36. The summed E-state index contributed by atoms with van der Waals surface area (Å²) in [7, 11) is 0. The van der Waals surface area contributed by atoms with E-state index in [0.29, 0.717) is 23.0 Å². The standard InChI is InChI=1S/C24H22ClF3N4O4/c1-3-10-29-21(33)12-32-20-7-5-4-6-16(20)14(2)30-19(22(32)34)13-36-23(35)31-18-9-8-15(25)11-17(18)24(26,27)28/h3-9,11,19H,1,10,12-13H2,2H3,(H,29,33)(H,31,35)/t19-/m1/s1. The van der Waals surface area contributed by atoms with Gasteiger partial charge in [-0.05, 0) is 31.2 Å². The third kappa shape index (κ3) is 6.42. The van der Waals surface area contributed by atoms with Crippen molar-refractivity contribution in [2.24, 2.45) is 4.99 Å². The van der Waals surface area contributed by atoms with Crippen molar-refractivity contribution in [2.75, 3.05) is 29.9 Å². The van der Waals surface area contributed by atoms with Crippen molar-refractivity contribution in [3.8, 4) is 0 Å². The Morgan fingerprint density at radius 2 is 1.97 bits per heavy atom. The Kier molecular flexibility index (Phi) is 8.36. The average Bonchev–Trinajstić information content (AvgIpc) is 2.92. The number of hydrogen-bond acceptors (Lipinski definition) is 5. The van der Waals surface area contributed by atoms with E-state index < -0.39 is 48.0 Å². The number of nitrogens with one attached hydrogen (secondary N) is 2. The first kappa shape index (κ1) is 26.7. The number of hydrogen-bond donors (Lipinski definition) is 2. The van der Waals surface area contributed by atoms with Crippen LogP contribution in [0.3, 0.4) is 0 Å². The Hall–Kier alpha value is -3.86. The Balaban J connectivity index is 1.79. The fraction of sp³-hybridized carbons (Fsp3) is 0.250. The second-order valence-corrected chi connectivity index (χ2v) is 8.11. The van der Waals surface area contributed by atoms with E-state index in [1.165, 1.54) is 17.0 Å². The van der Waals surface area contributed by atoms with Crippen LogP contribution >= 0.6 is 11.6 Å². The zero-order valence-corrected chi connectivity index (χ0v) is 19.8. The lowest BCUT2D eigenvalue weighted by Gasteiger charge is -2.24. The molecule has 0 unspecified atom stereocenters. The molecule has 8 nitrogen and oxygen atoms in total. The first-order valence-electron chi connectivity index (χ1n) is 10.6. The molecule has 0 fully saturated rings. The van der Waals surface area contributed by atoms with Crippen LogP contribution in [-0.2, 0) is 20.5 Å². The Bertz CT molecular complexity index is 1220. The maximum absolute atomic E-state index is 13.3. The highest BCUT2D eigenvalue weighted by molar-refractivity contribution is 6.30. The van der Waals surface area contributed by atoms with Crippen LogP contribution in [0, 0.1) is 0 Å². The van der Waals surface area contributed by atoms with E-state index in [2.05, 4.69) is 16.9 Å². The second kappa shape index (κ2) is 11.3. The number of ether oxygens (including phenoxy) is 1. The molecule has 2 aromatic rings. The van der Waals surface area contributed by atoms with E-state index in [4.69, 9.17) is 16.3 Å². The normalized spacial score (nSPS) is 15.4. The van der Waals surface area contributed by atoms with Crippen molar-refractivity contribution in [2.45, 2.75) is 19.1 Å². The second-order valence-electron chi connectivity index (χ2n) is 7.68. The van der Waals surface area contributed by atoms with Crippen molar-refractivity contribution in [3.05, 3.63) is 71.3 Å². The number of rotatable bonds is 7. The zero-order valence-electron chi connectivity index (χ0n) is 19.1. The zero-order chi connectivity index (χ0) is 26.5. The monoisotopic (exact) mass is 522 g/mol. The lowest BCUT2D eigenvalue weighted by molar-refractivity contribution is -0.137. The molecule has 1 aliphatic rings. The number of carbonyl (C=O) groups excluding carboxylic acids is 3. The van der Waals surface area contributed by atoms with Crippen molar-refractivity contribution in [1.29, 1.82) is 0 Å². The highest BCUT2D eigenvalue weighted by atomic mass is 35.5. The summed E-state index contributed by atoms with van der Waals surface area (Å²) in [5.41, 5.74) is -0.208. The third-order valence-corrected chi connectivity index (χ3v) is 5.36. The van der Waals surface area contributed by atoms with E-state index >= 15 is 0 Å². The largest absolute Gasteiger partial charge is 0.446 e. The first-order valence-corrected chi connectivity index (χ1v) is 11.0. The van der Waals surface area contributed by atoms with Gasteiger partial charge in [-0.2, -0.15) is 13.2 Å². The molecule has 0 spiro atoms. The van der Waals surface area contributed by atoms with Gasteiger partial charge >= 0.3 is 12.3 Å². The van der Waals surface area contributed by atoms with Gasteiger partial charge in [0.05, 0.1) is 16.9 Å². The molecule has 1 heterocycles. The van der Waals surface area contributed by atoms with Gasteiger partial charge in [0.25, 0.3) is 5.91 Å². The number of amides is 3. The van der Waals surface area contributed by atoms with E-state index in [1.807, 2.05) is 5.32 Å². The molecule has 0 saturated heterocycles. The molecule has 12 heteroatoms. The van der Waals surface area contributed by atoms with Gasteiger partial charge in [-0.25, -0.2) is 4.79 Å². The molecule has 2 aromatic carbocycles. The number of benzodiazepines with no additional fused rings is 1. The number of para-hydroxylation sites is 1. The molecule has 190 valence electrons. The maximum atomic E-state index is 13.3. The summed E-state index contributed by atoms with van der Waals surface area (Å²) in [6.45, 7) is 4.49. The summed E-state index contributed by atoms with van der Waals surface area (Å²) < 4.78 is 44.9. The molecule has 0 bridgehead atoms. The van der Waals surface area contributed by atoms with Crippen LogP contribution < -0.4 is 15.5 Å². The molecule has 1 aliphatic heterocycles. The van der Waals surface area contributed by atoms with Gasteiger partial charge < -0.3 is 15.0 Å². The molecule has 0 aromatic heterocycles. The number of halogens is 4. The molecular formula is C24H22ClF3N4O4. The summed E-state index contributed by atoms with van der Waals surface area (Å²) in [5.74, 6) is -1.07. The van der Waals surface area contributed by atoms with Crippen molar-refractivity contribution in [1.82, 2.24) is 5.32 Å². The van der Waals surface area contributed by atoms with E-state index in [-0.39, 0.29) is 18.1 Å². The van der Waals surface area contributed by atoms with Gasteiger partial charge in [0.15, 0.2) is 6.04 Å². The number of nitrogens with zero attached hydrogens (tertiary/aromatic N) is 2. The number of alkyl halides is 3. The fourth-order valence-electron chi connectivity index (χ4n) is 3.49. The minimum atomic E-state index is -4.77. The van der Waals surface area contributed by atoms with Crippen molar-refractivity contribution in [3.63, 3.8) is 0 Å². The molecule has 36 heavy (non-hydrogen) atoms. The van der Waals surface area contributed by atoms with Gasteiger partial charge in [-0.15, -0.1) is 6.58 Å². The van der Waals surface area contributed by atoms with Gasteiger partial charge in [-0.3, -0.25) is 19.9 Å². The summed E-state index contributed by atoms with van der Waals surface area (Å²) in [6.07, 6.45) is -4.51. The molecule has 0 radical (unpaired) electrons. The number of benzene rings is 2. The van der Waals surface area contributed by atoms with Crippen LogP contribution in [0.4, 0.5) is 29.3 Å². The Morgan fingerprint density at radius 3 is 2.67 bits per heavy atom. The summed E-state index contributed by atoms with van der Waals surface area (Å²) in [5, 5.41) is 4.45. The third-order valence-electron chi connectivity index (χ3n) is 5.13. The predicted octanol–water partition coefficient (Wildman–Crippen LogP) is 4.43. The molecular weight excluding hydrogens is 501 g/mol. The maximum Gasteiger partial charge on any atom is 0.418 e.